The molecule has 0 saturated heterocycles. The molecule has 1 atom stereocenters. The van der Waals surface area contributed by atoms with Crippen LogP contribution in [0.5, 0.6) is 0 Å². The van der Waals surface area contributed by atoms with Gasteiger partial charge in [-0.3, -0.25) is 9.20 Å². The number of nitrogens with one attached hydrogen (secondary N) is 1. The molecule has 4 aromatic heterocycles. The molecule has 0 aliphatic rings. The highest BCUT2D eigenvalue weighted by Crippen LogP contribution is 2.42. The Hall–Kier alpha value is -8.17. The van der Waals surface area contributed by atoms with Crippen LogP contribution in [0.15, 0.2) is 211 Å². The van der Waals surface area contributed by atoms with Gasteiger partial charge in [0.2, 0.25) is 11.7 Å². The number of ether oxygens (including phenoxy) is 1. The minimum absolute atomic E-state index is 0.00762. The van der Waals surface area contributed by atoms with Crippen molar-refractivity contribution in [1.29, 1.82) is 0 Å². The molecule has 0 radical (unpaired) electrons. The Morgan fingerprint density at radius 2 is 1.31 bits per heavy atom. The summed E-state index contributed by atoms with van der Waals surface area (Å²) in [5, 5.41) is 8.44. The summed E-state index contributed by atoms with van der Waals surface area (Å²) < 4.78 is 52.8. The number of hydrogen-bond acceptors (Lipinski definition) is 8. The van der Waals surface area contributed by atoms with E-state index in [1.165, 1.54) is 6.20 Å². The Kier molecular flexibility index (Phi) is 14.1. The van der Waals surface area contributed by atoms with Crippen LogP contribution in [0.1, 0.15) is 70.7 Å². The largest absolute Gasteiger partial charge is 0.398 e. The van der Waals surface area contributed by atoms with Gasteiger partial charge in [0.1, 0.15) is 23.0 Å². The van der Waals surface area contributed by atoms with Crippen LogP contribution in [-0.4, -0.2) is 55.8 Å². The average molecular weight is 1000 g/mol. The molecule has 0 saturated carbocycles. The Morgan fingerprint density at radius 1 is 0.730 bits per heavy atom. The number of alkyl halides is 2. The second kappa shape index (κ2) is 21.1. The third-order valence-corrected chi connectivity index (χ3v) is 18.6. The molecule has 10 rings (SSSR count). The number of carbonyl (C=O) groups excluding carboxylic acids is 1. The van der Waals surface area contributed by atoms with Crippen LogP contribution in [0, 0.1) is 6.92 Å². The molecule has 1 N–H and O–H groups in total. The van der Waals surface area contributed by atoms with E-state index >= 15 is 8.78 Å². The first kappa shape index (κ1) is 49.4. The summed E-state index contributed by atoms with van der Waals surface area (Å²) in [4.78, 5) is 27.8. The molecule has 0 spiro atoms. The number of fused-ring (bicyclic) bond motifs is 1. The molecule has 1 unspecified atom stereocenters. The van der Waals surface area contributed by atoms with Gasteiger partial charge in [-0.2, -0.15) is 4.98 Å². The van der Waals surface area contributed by atoms with Gasteiger partial charge < -0.3 is 23.6 Å². The SMILES string of the molecule is Cc1ccc(-c2noc(CC(O[Si](c3ccccc3)(c3ccccc3)C(C)(C)C)C(F)F)n2)cc1NC(=O)c1cnc2cc(COCc3cn(C(c4ccccc4)(c4ccccc4)c4ccccc4)cn3)ccn12. The number of imidazole rings is 2. The Labute approximate surface area is 429 Å². The number of anilines is 1. The molecule has 74 heavy (non-hydrogen) atoms. The van der Waals surface area contributed by atoms with Gasteiger partial charge in [0.05, 0.1) is 37.9 Å². The normalized spacial score (nSPS) is 12.6. The standard InChI is InChI=1S/C60H55F2N7O4Si/c1-42-30-31-44(57-66-55(72-67-57)36-53(56(61)62)73-74(59(2,3)4,49-26-16-8-17-27-49)50-28-18-9-19-29-50)35-51(42)65-58(70)52-37-63-54-34-43(32-33-69(52)54)39-71-40-48-38-68(41-64-48)60(45-20-10-5-11-21-45,46-22-12-6-13-23-46)47-24-14-7-15-25-47/h5-35,37-38,41,53,56H,36,39-40H2,1-4H3,(H,65,70). The third-order valence-electron chi connectivity index (χ3n) is 13.5. The first-order chi connectivity index (χ1) is 35.9. The molecule has 1 amide bonds. The number of hydrogen-bond donors (Lipinski definition) is 1. The molecule has 10 aromatic rings. The number of aromatic nitrogens is 6. The summed E-state index contributed by atoms with van der Waals surface area (Å²) >= 11 is 0. The fourth-order valence-corrected chi connectivity index (χ4v) is 14.6. The molecule has 372 valence electrons. The van der Waals surface area contributed by atoms with Crippen molar-refractivity contribution < 1.29 is 27.3 Å². The second-order valence-electron chi connectivity index (χ2n) is 19.3. The first-order valence-electron chi connectivity index (χ1n) is 24.5. The third kappa shape index (κ3) is 9.74. The lowest BCUT2D eigenvalue weighted by molar-refractivity contribution is 0.00243. The lowest BCUT2D eigenvalue weighted by atomic mass is 9.77. The van der Waals surface area contributed by atoms with Gasteiger partial charge in [0.25, 0.3) is 20.7 Å². The van der Waals surface area contributed by atoms with E-state index in [1.54, 1.807) is 22.7 Å². The zero-order valence-electron chi connectivity index (χ0n) is 41.5. The number of amides is 1. The highest BCUT2D eigenvalue weighted by atomic mass is 28.4. The zero-order valence-corrected chi connectivity index (χ0v) is 42.5. The van der Waals surface area contributed by atoms with E-state index in [2.05, 4.69) is 97.8 Å². The van der Waals surface area contributed by atoms with Crippen LogP contribution in [0.25, 0.3) is 17.0 Å². The maximum absolute atomic E-state index is 15.1. The lowest BCUT2D eigenvalue weighted by Crippen LogP contribution is -2.68. The molecular weight excluding hydrogens is 949 g/mol. The van der Waals surface area contributed by atoms with Crippen molar-refractivity contribution in [3.63, 3.8) is 0 Å². The smallest absolute Gasteiger partial charge is 0.274 e. The topological polar surface area (TPSA) is 122 Å². The van der Waals surface area contributed by atoms with Crippen molar-refractivity contribution in [1.82, 2.24) is 29.1 Å². The predicted molar refractivity (Wildman–Crippen MR) is 285 cm³/mol. The number of halogens is 2. The van der Waals surface area contributed by atoms with Gasteiger partial charge in [0.15, 0.2) is 0 Å². The van der Waals surface area contributed by atoms with Crippen LogP contribution in [0.3, 0.4) is 0 Å². The van der Waals surface area contributed by atoms with Crippen LogP contribution in [0.2, 0.25) is 5.04 Å². The fourth-order valence-electron chi connectivity index (χ4n) is 9.97. The molecular formula is C60H55F2N7O4Si. The van der Waals surface area contributed by atoms with E-state index in [9.17, 15) is 4.79 Å². The molecule has 4 heterocycles. The molecule has 0 aliphatic carbocycles. The van der Waals surface area contributed by atoms with Crippen molar-refractivity contribution >= 4 is 35.9 Å². The van der Waals surface area contributed by atoms with E-state index in [4.69, 9.17) is 18.7 Å². The molecule has 14 heteroatoms. The highest BCUT2D eigenvalue weighted by Gasteiger charge is 2.52. The van der Waals surface area contributed by atoms with Crippen molar-refractivity contribution in [2.45, 2.75) is 70.4 Å². The van der Waals surface area contributed by atoms with Crippen molar-refractivity contribution in [3.8, 4) is 11.4 Å². The quantitative estimate of drug-likeness (QED) is 0.0666. The number of carbonyl (C=O) groups is 1. The summed E-state index contributed by atoms with van der Waals surface area (Å²) in [5.74, 6) is -0.191. The molecule has 0 bridgehead atoms. The van der Waals surface area contributed by atoms with Crippen molar-refractivity contribution in [3.05, 3.63) is 252 Å². The van der Waals surface area contributed by atoms with E-state index in [0.29, 0.717) is 29.2 Å². The van der Waals surface area contributed by atoms with Crippen LogP contribution < -0.4 is 15.7 Å². The van der Waals surface area contributed by atoms with Crippen molar-refractivity contribution in [2.24, 2.45) is 0 Å². The van der Waals surface area contributed by atoms with Crippen LogP contribution in [0.4, 0.5) is 14.5 Å². The minimum Gasteiger partial charge on any atom is -0.398 e. The number of benzene rings is 6. The summed E-state index contributed by atoms with van der Waals surface area (Å²) in [6.45, 7) is 8.55. The first-order valence-corrected chi connectivity index (χ1v) is 26.4. The predicted octanol–water partition coefficient (Wildman–Crippen LogP) is 11.5. The van der Waals surface area contributed by atoms with Gasteiger partial charge in [-0.25, -0.2) is 18.7 Å². The lowest BCUT2D eigenvalue weighted by Gasteiger charge is -2.44. The zero-order chi connectivity index (χ0) is 51.3. The van der Waals surface area contributed by atoms with Crippen molar-refractivity contribution in [2.75, 3.05) is 5.32 Å². The second-order valence-corrected chi connectivity index (χ2v) is 23.6. The van der Waals surface area contributed by atoms with Gasteiger partial charge in [-0.15, -0.1) is 0 Å². The van der Waals surface area contributed by atoms with Gasteiger partial charge in [-0.1, -0.05) is 190 Å². The Balaban J connectivity index is 0.817. The summed E-state index contributed by atoms with van der Waals surface area (Å²) in [7, 11) is -3.33. The van der Waals surface area contributed by atoms with E-state index in [0.717, 1.165) is 43.9 Å². The number of nitrogens with zero attached hydrogens (tertiary/aromatic N) is 6. The van der Waals surface area contributed by atoms with Gasteiger partial charge >= 0.3 is 0 Å². The van der Waals surface area contributed by atoms with Crippen LogP contribution >= 0.6 is 0 Å². The summed E-state index contributed by atoms with van der Waals surface area (Å²) in [6.07, 6.45) is 2.55. The fraction of sp³-hybridized carbons (Fsp3) is 0.183. The summed E-state index contributed by atoms with van der Waals surface area (Å²) in [6, 6.07) is 59.8. The molecule has 0 aliphatic heterocycles. The Bertz CT molecular complexity index is 3340. The average Bonchev–Trinajstić information content (AvgIpc) is 4.23. The maximum atomic E-state index is 15.1. The molecule has 0 fully saturated rings. The number of pyridine rings is 1. The number of aryl methyl sites for hydroxylation is 1. The minimum atomic E-state index is -3.33. The highest BCUT2D eigenvalue weighted by molar-refractivity contribution is 6.99. The molecule has 11 nitrogen and oxygen atoms in total. The summed E-state index contributed by atoms with van der Waals surface area (Å²) in [5.41, 5.74) is 6.99. The number of rotatable bonds is 18. The van der Waals surface area contributed by atoms with Gasteiger partial charge in [-0.05, 0) is 68.4 Å². The maximum Gasteiger partial charge on any atom is 0.274 e. The molecule has 6 aromatic carbocycles. The van der Waals surface area contributed by atoms with Gasteiger partial charge in [0, 0.05) is 23.6 Å². The Morgan fingerprint density at radius 3 is 1.88 bits per heavy atom. The van der Waals surface area contributed by atoms with E-state index in [1.807, 2.05) is 137 Å². The van der Waals surface area contributed by atoms with E-state index in [-0.39, 0.29) is 30.7 Å². The monoisotopic (exact) mass is 1000 g/mol. The van der Waals surface area contributed by atoms with E-state index < -0.39 is 31.4 Å². The van der Waals surface area contributed by atoms with Crippen LogP contribution in [-0.2, 0) is 34.3 Å².